The number of nitrogens with zero attached hydrogens (tertiary/aromatic N) is 1. The van der Waals surface area contributed by atoms with Crippen LogP contribution in [0.25, 0.3) is 0 Å². The molecule has 0 heterocycles. The number of non-ortho nitro benzene ring substituents is 1. The molecular formula is C27H33N3O9. The highest BCUT2D eigenvalue weighted by atomic mass is 16.6. The maximum Gasteiger partial charge on any atom is 0.408 e. The number of carbonyl (C=O) groups excluding carboxylic acids is 3. The molecule has 210 valence electrons. The highest BCUT2D eigenvalue weighted by Crippen LogP contribution is 2.27. The number of carboxylic acid groups (broad SMARTS) is 1. The van der Waals surface area contributed by atoms with Crippen LogP contribution in [0.4, 0.5) is 10.5 Å². The van der Waals surface area contributed by atoms with Crippen molar-refractivity contribution in [3.63, 3.8) is 0 Å². The predicted octanol–water partition coefficient (Wildman–Crippen LogP) is 3.54. The number of amides is 2. The van der Waals surface area contributed by atoms with Gasteiger partial charge in [0.2, 0.25) is 5.91 Å². The van der Waals surface area contributed by atoms with Gasteiger partial charge >= 0.3 is 18.0 Å². The molecule has 0 aliphatic rings. The molecule has 0 unspecified atom stereocenters. The van der Waals surface area contributed by atoms with Gasteiger partial charge in [0.25, 0.3) is 5.69 Å². The number of nitrogens with one attached hydrogen (secondary N) is 2. The number of rotatable bonds is 14. The van der Waals surface area contributed by atoms with Gasteiger partial charge in [0.15, 0.2) is 0 Å². The van der Waals surface area contributed by atoms with Gasteiger partial charge in [-0.1, -0.05) is 56.3 Å². The second kappa shape index (κ2) is 15.1. The number of aliphatic carboxylic acids is 1. The molecule has 12 heteroatoms. The number of benzene rings is 2. The van der Waals surface area contributed by atoms with Crippen LogP contribution in [0.3, 0.4) is 0 Å². The Morgan fingerprint density at radius 3 is 2.15 bits per heavy atom. The SMILES string of the molecule is CCOC(=O)C[C@H](c1ccc([N+](=O)[O-])cc1)[C@@H](NC(=O)[C@H](CC(C)C)NC(=O)OCc1ccccc1)C(=O)O. The fraction of sp³-hybridized carbons (Fsp3) is 0.407. The van der Waals surface area contributed by atoms with E-state index in [1.165, 1.54) is 24.3 Å². The number of hydrogen-bond donors (Lipinski definition) is 3. The van der Waals surface area contributed by atoms with Crippen molar-refractivity contribution in [2.75, 3.05) is 6.61 Å². The summed E-state index contributed by atoms with van der Waals surface area (Å²) in [5, 5.41) is 26.0. The standard InChI is InChI=1S/C27H33N3O9/c1-4-38-23(31)15-21(19-10-12-20(13-11-19)30(36)37)24(26(33)34)29-25(32)22(14-17(2)3)28-27(35)39-16-18-8-6-5-7-9-18/h5-13,17,21-22,24H,4,14-16H2,1-3H3,(H,28,35)(H,29,32)(H,33,34)/t21-,22+,24-/m1/s1. The molecule has 0 aliphatic carbocycles. The largest absolute Gasteiger partial charge is 0.480 e. The van der Waals surface area contributed by atoms with Gasteiger partial charge in [-0.15, -0.1) is 0 Å². The smallest absolute Gasteiger partial charge is 0.408 e. The first-order valence-corrected chi connectivity index (χ1v) is 12.4. The van der Waals surface area contributed by atoms with E-state index >= 15 is 0 Å². The van der Waals surface area contributed by atoms with Crippen LogP contribution in [0.1, 0.15) is 50.7 Å². The molecule has 0 bridgehead atoms. The summed E-state index contributed by atoms with van der Waals surface area (Å²) in [6.45, 7) is 5.27. The molecule has 2 amide bonds. The van der Waals surface area contributed by atoms with Crippen molar-refractivity contribution in [2.24, 2.45) is 5.92 Å². The van der Waals surface area contributed by atoms with Gasteiger partial charge in [-0.05, 0) is 30.4 Å². The second-order valence-electron chi connectivity index (χ2n) is 9.18. The summed E-state index contributed by atoms with van der Waals surface area (Å²) in [4.78, 5) is 60.7. The Hall–Kier alpha value is -4.48. The Balaban J connectivity index is 2.25. The van der Waals surface area contributed by atoms with Crippen LogP contribution in [-0.2, 0) is 30.5 Å². The molecule has 12 nitrogen and oxygen atoms in total. The van der Waals surface area contributed by atoms with Crippen LogP contribution in [0.2, 0.25) is 0 Å². The molecule has 0 saturated carbocycles. The van der Waals surface area contributed by atoms with E-state index in [4.69, 9.17) is 9.47 Å². The third-order valence-electron chi connectivity index (χ3n) is 5.72. The second-order valence-corrected chi connectivity index (χ2v) is 9.18. The number of alkyl carbamates (subject to hydrolysis) is 1. The first-order valence-electron chi connectivity index (χ1n) is 12.4. The van der Waals surface area contributed by atoms with E-state index in [0.29, 0.717) is 0 Å². The van der Waals surface area contributed by atoms with Crippen molar-refractivity contribution < 1.29 is 38.7 Å². The van der Waals surface area contributed by atoms with Crippen LogP contribution in [-0.4, -0.2) is 52.7 Å². The molecule has 0 saturated heterocycles. The molecule has 3 N–H and O–H groups in total. The Bertz CT molecular complexity index is 1140. The van der Waals surface area contributed by atoms with E-state index in [2.05, 4.69) is 10.6 Å². The van der Waals surface area contributed by atoms with Crippen molar-refractivity contribution in [2.45, 2.75) is 58.2 Å². The molecule has 0 fully saturated rings. The number of carboxylic acids is 1. The van der Waals surface area contributed by atoms with Gasteiger partial charge in [0.1, 0.15) is 18.7 Å². The molecule has 0 aromatic heterocycles. The van der Waals surface area contributed by atoms with Gasteiger partial charge in [-0.3, -0.25) is 19.7 Å². The highest BCUT2D eigenvalue weighted by Gasteiger charge is 2.35. The Kier molecular flexibility index (Phi) is 11.9. The number of esters is 1. The molecule has 2 rings (SSSR count). The van der Waals surface area contributed by atoms with E-state index in [1.54, 1.807) is 31.2 Å². The number of nitro benzene ring substituents is 1. The fourth-order valence-electron chi connectivity index (χ4n) is 3.87. The summed E-state index contributed by atoms with van der Waals surface area (Å²) in [5.74, 6) is -4.10. The third-order valence-corrected chi connectivity index (χ3v) is 5.72. The predicted molar refractivity (Wildman–Crippen MR) is 140 cm³/mol. The Labute approximate surface area is 225 Å². The zero-order valence-electron chi connectivity index (χ0n) is 22.0. The number of carbonyl (C=O) groups is 4. The van der Waals surface area contributed by atoms with Crippen LogP contribution in [0, 0.1) is 16.0 Å². The molecule has 0 radical (unpaired) electrons. The molecule has 39 heavy (non-hydrogen) atoms. The lowest BCUT2D eigenvalue weighted by Crippen LogP contribution is -2.54. The van der Waals surface area contributed by atoms with Crippen LogP contribution < -0.4 is 10.6 Å². The monoisotopic (exact) mass is 543 g/mol. The van der Waals surface area contributed by atoms with Crippen LogP contribution >= 0.6 is 0 Å². The molecule has 3 atom stereocenters. The van der Waals surface area contributed by atoms with E-state index in [1.807, 2.05) is 19.9 Å². The average molecular weight is 544 g/mol. The summed E-state index contributed by atoms with van der Waals surface area (Å²) >= 11 is 0. The lowest BCUT2D eigenvalue weighted by Gasteiger charge is -2.27. The minimum absolute atomic E-state index is 0.0256. The third kappa shape index (κ3) is 10.1. The molecule has 0 spiro atoms. The maximum absolute atomic E-state index is 13.2. The van der Waals surface area contributed by atoms with Gasteiger partial charge < -0.3 is 25.2 Å². The van der Waals surface area contributed by atoms with Crippen molar-refractivity contribution in [3.05, 3.63) is 75.8 Å². The average Bonchev–Trinajstić information content (AvgIpc) is 2.89. The van der Waals surface area contributed by atoms with Crippen molar-refractivity contribution in [3.8, 4) is 0 Å². The van der Waals surface area contributed by atoms with Crippen LogP contribution in [0.5, 0.6) is 0 Å². The first kappa shape index (κ1) is 30.7. The zero-order valence-corrected chi connectivity index (χ0v) is 22.0. The van der Waals surface area contributed by atoms with E-state index < -0.39 is 53.3 Å². The van der Waals surface area contributed by atoms with E-state index in [0.717, 1.165) is 5.56 Å². The first-order chi connectivity index (χ1) is 18.5. The highest BCUT2D eigenvalue weighted by molar-refractivity contribution is 5.90. The van der Waals surface area contributed by atoms with Gasteiger partial charge in [-0.2, -0.15) is 0 Å². The quantitative estimate of drug-likeness (QED) is 0.183. The minimum atomic E-state index is -1.61. The Morgan fingerprint density at radius 2 is 1.62 bits per heavy atom. The molecule has 2 aromatic rings. The number of nitro groups is 1. The van der Waals surface area contributed by atoms with Gasteiger partial charge in [0.05, 0.1) is 18.0 Å². The van der Waals surface area contributed by atoms with E-state index in [-0.39, 0.29) is 36.8 Å². The summed E-state index contributed by atoms with van der Waals surface area (Å²) < 4.78 is 10.2. The molecule has 0 aliphatic heterocycles. The summed E-state index contributed by atoms with van der Waals surface area (Å²) in [7, 11) is 0. The lowest BCUT2D eigenvalue weighted by molar-refractivity contribution is -0.384. The number of ether oxygens (including phenoxy) is 2. The summed E-state index contributed by atoms with van der Waals surface area (Å²) in [6, 6.07) is 11.2. The van der Waals surface area contributed by atoms with Crippen molar-refractivity contribution in [1.29, 1.82) is 0 Å². The van der Waals surface area contributed by atoms with Crippen molar-refractivity contribution >= 4 is 29.6 Å². The topological polar surface area (TPSA) is 174 Å². The Morgan fingerprint density at radius 1 is 0.974 bits per heavy atom. The number of hydrogen-bond acceptors (Lipinski definition) is 8. The van der Waals surface area contributed by atoms with Crippen molar-refractivity contribution in [1.82, 2.24) is 10.6 Å². The fourth-order valence-corrected chi connectivity index (χ4v) is 3.87. The summed E-state index contributed by atoms with van der Waals surface area (Å²) in [6.07, 6.45) is -1.09. The van der Waals surface area contributed by atoms with Gasteiger partial charge in [-0.25, -0.2) is 9.59 Å². The molecule has 2 aromatic carbocycles. The minimum Gasteiger partial charge on any atom is -0.480 e. The normalized spacial score (nSPS) is 13.0. The molecular weight excluding hydrogens is 510 g/mol. The van der Waals surface area contributed by atoms with Crippen LogP contribution in [0.15, 0.2) is 54.6 Å². The maximum atomic E-state index is 13.2. The summed E-state index contributed by atoms with van der Waals surface area (Å²) in [5.41, 5.74) is 0.796. The lowest BCUT2D eigenvalue weighted by atomic mass is 9.87. The zero-order chi connectivity index (χ0) is 28.9. The van der Waals surface area contributed by atoms with Gasteiger partial charge in [0, 0.05) is 18.1 Å². The van der Waals surface area contributed by atoms with E-state index in [9.17, 15) is 34.4 Å².